The zero-order valence-electron chi connectivity index (χ0n) is 19.0. The van der Waals surface area contributed by atoms with Crippen LogP contribution in [-0.4, -0.2) is 53.0 Å². The summed E-state index contributed by atoms with van der Waals surface area (Å²) in [7, 11) is 0. The molecule has 0 atom stereocenters. The van der Waals surface area contributed by atoms with Gasteiger partial charge in [0.1, 0.15) is 5.69 Å². The van der Waals surface area contributed by atoms with Gasteiger partial charge in [0, 0.05) is 50.2 Å². The Morgan fingerprint density at radius 2 is 1.74 bits per heavy atom. The first-order valence-corrected chi connectivity index (χ1v) is 11.5. The summed E-state index contributed by atoms with van der Waals surface area (Å²) in [4.78, 5) is 18.0. The normalized spacial score (nSPS) is 15.3. The summed E-state index contributed by atoms with van der Waals surface area (Å²) in [6.45, 7) is 11.5. The Bertz CT molecular complexity index is 1070. The van der Waals surface area contributed by atoms with Crippen molar-refractivity contribution in [2.24, 2.45) is 0 Å². The second kappa shape index (κ2) is 9.52. The molecular weight excluding hydrogens is 382 g/mol. The number of hydrogen-bond donors (Lipinski definition) is 0. The van der Waals surface area contributed by atoms with Crippen LogP contribution >= 0.6 is 0 Å². The van der Waals surface area contributed by atoms with E-state index in [0.717, 1.165) is 56.9 Å². The summed E-state index contributed by atoms with van der Waals surface area (Å²) in [5.74, 6) is 0.174. The third-order valence-corrected chi connectivity index (χ3v) is 6.44. The number of piperazine rings is 1. The van der Waals surface area contributed by atoms with Crippen LogP contribution in [0.5, 0.6) is 0 Å². The Hall–Kier alpha value is -2.85. The summed E-state index contributed by atoms with van der Waals surface area (Å²) in [5, 5.41) is 1.22. The fourth-order valence-electron chi connectivity index (χ4n) is 4.58. The van der Waals surface area contributed by atoms with Crippen molar-refractivity contribution in [2.45, 2.75) is 33.7 Å². The number of aromatic nitrogens is 1. The molecule has 0 spiro atoms. The van der Waals surface area contributed by atoms with E-state index in [4.69, 9.17) is 0 Å². The van der Waals surface area contributed by atoms with E-state index in [1.807, 2.05) is 11.0 Å². The molecule has 0 saturated carbocycles. The van der Waals surface area contributed by atoms with Gasteiger partial charge in [-0.05, 0) is 49.1 Å². The molecule has 3 aromatic rings. The number of aryl methyl sites for hydroxylation is 3. The first-order valence-electron chi connectivity index (χ1n) is 11.5. The van der Waals surface area contributed by atoms with Gasteiger partial charge < -0.3 is 9.47 Å². The minimum atomic E-state index is 0.174. The van der Waals surface area contributed by atoms with E-state index in [-0.39, 0.29) is 5.91 Å². The van der Waals surface area contributed by atoms with Gasteiger partial charge in [-0.1, -0.05) is 55.5 Å². The lowest BCUT2D eigenvalue weighted by Gasteiger charge is -2.34. The summed E-state index contributed by atoms with van der Waals surface area (Å²) >= 11 is 0. The third-order valence-electron chi connectivity index (χ3n) is 6.44. The van der Waals surface area contributed by atoms with Crippen molar-refractivity contribution >= 4 is 22.9 Å². The molecule has 4 heteroatoms. The standard InChI is InChI=1S/C27H33N3O/c1-4-22-13-14-25-24(20-22)21(3)26(30(25)5-2)27(31)29-18-16-28(17-19-29)15-9-12-23-10-7-6-8-11-23/h6-14,20H,4-5,15-19H2,1-3H3/b12-9+. The fraction of sp³-hybridized carbons (Fsp3) is 0.370. The number of rotatable bonds is 6. The van der Waals surface area contributed by atoms with E-state index in [1.165, 1.54) is 22.0 Å². The van der Waals surface area contributed by atoms with Gasteiger partial charge in [-0.2, -0.15) is 0 Å². The lowest BCUT2D eigenvalue weighted by molar-refractivity contribution is 0.0639. The van der Waals surface area contributed by atoms with Gasteiger partial charge in [-0.25, -0.2) is 0 Å². The molecule has 4 rings (SSSR count). The van der Waals surface area contributed by atoms with Crippen LogP contribution in [0.25, 0.3) is 17.0 Å². The summed E-state index contributed by atoms with van der Waals surface area (Å²) in [6.07, 6.45) is 5.40. The molecule has 0 bridgehead atoms. The molecule has 1 fully saturated rings. The molecular formula is C27H33N3O. The van der Waals surface area contributed by atoms with Crippen LogP contribution < -0.4 is 0 Å². The lowest BCUT2D eigenvalue weighted by Crippen LogP contribution is -2.49. The number of fused-ring (bicyclic) bond motifs is 1. The highest BCUT2D eigenvalue weighted by Gasteiger charge is 2.27. The zero-order valence-corrected chi connectivity index (χ0v) is 19.0. The first kappa shape index (κ1) is 21.4. The number of carbonyl (C=O) groups is 1. The predicted molar refractivity (Wildman–Crippen MR) is 130 cm³/mol. The number of carbonyl (C=O) groups excluding carboxylic acids is 1. The maximum Gasteiger partial charge on any atom is 0.270 e. The first-order chi connectivity index (χ1) is 15.1. The molecule has 2 heterocycles. The van der Waals surface area contributed by atoms with Crippen LogP contribution in [0.15, 0.2) is 54.6 Å². The van der Waals surface area contributed by atoms with Crippen LogP contribution in [-0.2, 0) is 13.0 Å². The van der Waals surface area contributed by atoms with Crippen molar-refractivity contribution in [3.8, 4) is 0 Å². The van der Waals surface area contributed by atoms with Crippen LogP contribution in [0, 0.1) is 6.92 Å². The maximum absolute atomic E-state index is 13.5. The number of benzene rings is 2. The van der Waals surface area contributed by atoms with Crippen molar-refractivity contribution in [3.63, 3.8) is 0 Å². The van der Waals surface area contributed by atoms with Gasteiger partial charge in [0.15, 0.2) is 0 Å². The van der Waals surface area contributed by atoms with E-state index >= 15 is 0 Å². The van der Waals surface area contributed by atoms with Crippen LogP contribution in [0.1, 0.15) is 41.0 Å². The average molecular weight is 416 g/mol. The Kier molecular flexibility index (Phi) is 6.57. The molecule has 1 aromatic heterocycles. The van der Waals surface area contributed by atoms with Gasteiger partial charge in [0.25, 0.3) is 5.91 Å². The fourth-order valence-corrected chi connectivity index (χ4v) is 4.58. The van der Waals surface area contributed by atoms with Gasteiger partial charge in [0.2, 0.25) is 0 Å². The van der Waals surface area contributed by atoms with Crippen LogP contribution in [0.2, 0.25) is 0 Å². The van der Waals surface area contributed by atoms with Gasteiger partial charge in [-0.3, -0.25) is 9.69 Å². The largest absolute Gasteiger partial charge is 0.337 e. The molecule has 0 aliphatic carbocycles. The molecule has 2 aromatic carbocycles. The minimum absolute atomic E-state index is 0.174. The van der Waals surface area contributed by atoms with E-state index in [1.54, 1.807) is 0 Å². The van der Waals surface area contributed by atoms with Gasteiger partial charge >= 0.3 is 0 Å². The van der Waals surface area contributed by atoms with Crippen molar-refractivity contribution < 1.29 is 4.79 Å². The van der Waals surface area contributed by atoms with E-state index in [0.29, 0.717) is 0 Å². The highest BCUT2D eigenvalue weighted by atomic mass is 16.2. The number of nitrogens with zero attached hydrogens (tertiary/aromatic N) is 3. The summed E-state index contributed by atoms with van der Waals surface area (Å²) in [5.41, 5.74) is 5.70. The molecule has 0 unspecified atom stereocenters. The third kappa shape index (κ3) is 4.45. The average Bonchev–Trinajstić information content (AvgIpc) is 3.10. The van der Waals surface area contributed by atoms with Crippen molar-refractivity contribution in [2.75, 3.05) is 32.7 Å². The topological polar surface area (TPSA) is 28.5 Å². The molecule has 1 aliphatic rings. The van der Waals surface area contributed by atoms with Crippen LogP contribution in [0.4, 0.5) is 0 Å². The lowest BCUT2D eigenvalue weighted by atomic mass is 10.1. The second-order valence-corrected chi connectivity index (χ2v) is 8.33. The SMILES string of the molecule is CCc1ccc2c(c1)c(C)c(C(=O)N1CCN(C/C=C/c3ccccc3)CC1)n2CC. The van der Waals surface area contributed by atoms with Crippen molar-refractivity contribution in [1.82, 2.24) is 14.4 Å². The monoisotopic (exact) mass is 415 g/mol. The highest BCUT2D eigenvalue weighted by Crippen LogP contribution is 2.28. The Morgan fingerprint density at radius 3 is 2.42 bits per heavy atom. The summed E-state index contributed by atoms with van der Waals surface area (Å²) in [6, 6.07) is 17.0. The molecule has 162 valence electrons. The van der Waals surface area contributed by atoms with E-state index in [2.05, 4.69) is 84.9 Å². The minimum Gasteiger partial charge on any atom is -0.337 e. The second-order valence-electron chi connectivity index (χ2n) is 8.33. The van der Waals surface area contributed by atoms with E-state index in [9.17, 15) is 4.79 Å². The Labute approximate surface area is 185 Å². The molecule has 0 radical (unpaired) electrons. The van der Waals surface area contributed by atoms with E-state index < -0.39 is 0 Å². The zero-order chi connectivity index (χ0) is 21.8. The van der Waals surface area contributed by atoms with Crippen molar-refractivity contribution in [1.29, 1.82) is 0 Å². The summed E-state index contributed by atoms with van der Waals surface area (Å²) < 4.78 is 2.20. The number of hydrogen-bond acceptors (Lipinski definition) is 2. The molecule has 31 heavy (non-hydrogen) atoms. The van der Waals surface area contributed by atoms with Gasteiger partial charge in [0.05, 0.1) is 0 Å². The quantitative estimate of drug-likeness (QED) is 0.567. The highest BCUT2D eigenvalue weighted by molar-refractivity contribution is 6.01. The molecule has 1 saturated heterocycles. The Balaban J connectivity index is 1.44. The molecule has 0 N–H and O–H groups in total. The molecule has 1 aliphatic heterocycles. The molecule has 4 nitrogen and oxygen atoms in total. The predicted octanol–water partition coefficient (Wildman–Crippen LogP) is 5.00. The number of amides is 1. The van der Waals surface area contributed by atoms with Gasteiger partial charge in [-0.15, -0.1) is 0 Å². The smallest absolute Gasteiger partial charge is 0.270 e. The van der Waals surface area contributed by atoms with Crippen molar-refractivity contribution in [3.05, 3.63) is 77.0 Å². The Morgan fingerprint density at radius 1 is 1.00 bits per heavy atom. The van der Waals surface area contributed by atoms with Crippen LogP contribution in [0.3, 0.4) is 0 Å². The maximum atomic E-state index is 13.5. The molecule has 1 amide bonds.